The topological polar surface area (TPSA) is 54.2 Å². The summed E-state index contributed by atoms with van der Waals surface area (Å²) in [7, 11) is 1.99. The Hall–Kier alpha value is -0.790. The lowest BCUT2D eigenvalue weighted by molar-refractivity contribution is 0.481. The molecule has 0 aliphatic heterocycles. The molecule has 24 heavy (non-hydrogen) atoms. The highest BCUT2D eigenvalue weighted by atomic mass is 127. The quantitative estimate of drug-likeness (QED) is 0.290. The molecule has 1 heterocycles. The fourth-order valence-corrected chi connectivity index (χ4v) is 3.44. The van der Waals surface area contributed by atoms with Gasteiger partial charge in [0.1, 0.15) is 0 Å². The molecule has 5 nitrogen and oxygen atoms in total. The predicted octanol–water partition coefficient (Wildman–Crippen LogP) is 3.68. The summed E-state index contributed by atoms with van der Waals surface area (Å²) in [4.78, 5) is 4.73. The van der Waals surface area contributed by atoms with Crippen LogP contribution in [0.3, 0.4) is 0 Å². The minimum atomic E-state index is 0. The Morgan fingerprint density at radius 1 is 1.25 bits per heavy atom. The second-order valence-electron chi connectivity index (χ2n) is 6.69. The van der Waals surface area contributed by atoms with Crippen molar-refractivity contribution < 1.29 is 0 Å². The van der Waals surface area contributed by atoms with Crippen LogP contribution in [0.25, 0.3) is 0 Å². The summed E-state index contributed by atoms with van der Waals surface area (Å²) in [6, 6.07) is 0. The van der Waals surface area contributed by atoms with Crippen LogP contribution >= 0.6 is 24.0 Å². The Labute approximate surface area is 164 Å². The van der Waals surface area contributed by atoms with Gasteiger partial charge in [0, 0.05) is 31.4 Å². The highest BCUT2D eigenvalue weighted by molar-refractivity contribution is 14.0. The molecule has 1 aromatic rings. The van der Waals surface area contributed by atoms with Crippen LogP contribution in [-0.4, -0.2) is 28.8 Å². The summed E-state index contributed by atoms with van der Waals surface area (Å²) in [5.41, 5.74) is 3.50. The average molecular weight is 447 g/mol. The molecule has 0 bridgehead atoms. The van der Waals surface area contributed by atoms with Crippen molar-refractivity contribution in [1.82, 2.24) is 20.4 Å². The summed E-state index contributed by atoms with van der Waals surface area (Å²) in [5.74, 6) is 1.89. The van der Waals surface area contributed by atoms with Crippen LogP contribution in [-0.2, 0) is 13.6 Å². The molecule has 1 aliphatic carbocycles. The van der Waals surface area contributed by atoms with Gasteiger partial charge < -0.3 is 10.6 Å². The zero-order chi connectivity index (χ0) is 16.7. The molecule has 0 radical (unpaired) electrons. The van der Waals surface area contributed by atoms with Crippen molar-refractivity contribution in [3.05, 3.63) is 17.0 Å². The molecule has 1 aromatic heterocycles. The number of aromatic nitrogens is 2. The first-order valence-electron chi connectivity index (χ1n) is 9.13. The molecular weight excluding hydrogens is 413 g/mol. The molecule has 0 atom stereocenters. The zero-order valence-corrected chi connectivity index (χ0v) is 18.0. The van der Waals surface area contributed by atoms with Crippen molar-refractivity contribution in [2.75, 3.05) is 13.1 Å². The minimum Gasteiger partial charge on any atom is -0.357 e. The molecule has 0 aromatic carbocycles. The fourth-order valence-electron chi connectivity index (χ4n) is 3.44. The zero-order valence-electron chi connectivity index (χ0n) is 15.7. The third-order valence-corrected chi connectivity index (χ3v) is 4.95. The number of halogens is 1. The molecule has 1 saturated carbocycles. The Bertz CT molecular complexity index is 518. The molecule has 2 N–H and O–H groups in total. The molecule has 0 spiro atoms. The van der Waals surface area contributed by atoms with Gasteiger partial charge >= 0.3 is 0 Å². The molecule has 1 fully saturated rings. The Kier molecular flexibility index (Phi) is 9.69. The van der Waals surface area contributed by atoms with Crippen LogP contribution < -0.4 is 10.6 Å². The third kappa shape index (κ3) is 6.26. The standard InChI is InChI=1S/C18H33N5.HI/c1-5-19-18(20-12-8-11-16-9-6-7-10-16)21-13-17-14(2)22-23(4)15(17)3;/h16H,5-13H2,1-4H3,(H2,19,20,21);1H. The average Bonchev–Trinajstić information content (AvgIpc) is 3.11. The van der Waals surface area contributed by atoms with Gasteiger partial charge in [0.15, 0.2) is 5.96 Å². The van der Waals surface area contributed by atoms with Crippen LogP contribution in [0.1, 0.15) is 62.4 Å². The van der Waals surface area contributed by atoms with Crippen LogP contribution in [0, 0.1) is 19.8 Å². The van der Waals surface area contributed by atoms with Gasteiger partial charge in [0.05, 0.1) is 12.2 Å². The van der Waals surface area contributed by atoms with E-state index in [1.807, 2.05) is 11.7 Å². The van der Waals surface area contributed by atoms with E-state index in [2.05, 4.69) is 36.5 Å². The summed E-state index contributed by atoms with van der Waals surface area (Å²) >= 11 is 0. The van der Waals surface area contributed by atoms with Gasteiger partial charge in [-0.25, -0.2) is 4.99 Å². The van der Waals surface area contributed by atoms with E-state index in [1.54, 1.807) is 0 Å². The summed E-state index contributed by atoms with van der Waals surface area (Å²) in [6.45, 7) is 8.85. The van der Waals surface area contributed by atoms with E-state index >= 15 is 0 Å². The molecule has 2 rings (SSSR count). The van der Waals surface area contributed by atoms with Crippen LogP contribution in [0.15, 0.2) is 4.99 Å². The van der Waals surface area contributed by atoms with Crippen LogP contribution in [0.5, 0.6) is 0 Å². The van der Waals surface area contributed by atoms with Crippen molar-refractivity contribution >= 4 is 29.9 Å². The van der Waals surface area contributed by atoms with Crippen LogP contribution in [0.4, 0.5) is 0 Å². The number of nitrogens with zero attached hydrogens (tertiary/aromatic N) is 3. The van der Waals surface area contributed by atoms with E-state index in [1.165, 1.54) is 49.8 Å². The molecule has 0 unspecified atom stereocenters. The van der Waals surface area contributed by atoms with Gasteiger partial charge in [0.25, 0.3) is 0 Å². The highest BCUT2D eigenvalue weighted by Crippen LogP contribution is 2.28. The number of aliphatic imine (C=N–C) groups is 1. The first-order chi connectivity index (χ1) is 11.1. The van der Waals surface area contributed by atoms with Crippen molar-refractivity contribution in [2.24, 2.45) is 18.0 Å². The summed E-state index contributed by atoms with van der Waals surface area (Å²) in [6.07, 6.45) is 8.34. The fraction of sp³-hybridized carbons (Fsp3) is 0.778. The van der Waals surface area contributed by atoms with Crippen LogP contribution in [0.2, 0.25) is 0 Å². The summed E-state index contributed by atoms with van der Waals surface area (Å²) < 4.78 is 1.93. The number of hydrogen-bond acceptors (Lipinski definition) is 2. The monoisotopic (exact) mass is 447 g/mol. The maximum absolute atomic E-state index is 4.73. The van der Waals surface area contributed by atoms with Gasteiger partial charge in [-0.2, -0.15) is 5.10 Å². The SMILES string of the molecule is CCNC(=NCc1c(C)nn(C)c1C)NCCCC1CCCC1.I. The van der Waals surface area contributed by atoms with Crippen molar-refractivity contribution in [1.29, 1.82) is 0 Å². The lowest BCUT2D eigenvalue weighted by atomic mass is 10.0. The smallest absolute Gasteiger partial charge is 0.191 e. The van der Waals surface area contributed by atoms with Crippen molar-refractivity contribution in [3.63, 3.8) is 0 Å². The summed E-state index contributed by atoms with van der Waals surface area (Å²) in [5, 5.41) is 11.3. The number of aryl methyl sites for hydroxylation is 2. The van der Waals surface area contributed by atoms with E-state index in [0.717, 1.165) is 30.7 Å². The molecular formula is C18H34IN5. The Balaban J connectivity index is 0.00000288. The predicted molar refractivity (Wildman–Crippen MR) is 112 cm³/mol. The first-order valence-corrected chi connectivity index (χ1v) is 9.13. The molecule has 1 aliphatic rings. The normalized spacial score (nSPS) is 15.4. The van der Waals surface area contributed by atoms with Crippen molar-refractivity contribution in [2.45, 2.75) is 65.8 Å². The van der Waals surface area contributed by atoms with E-state index < -0.39 is 0 Å². The van der Waals surface area contributed by atoms with Gasteiger partial charge in [0.2, 0.25) is 0 Å². The second kappa shape index (κ2) is 10.9. The molecule has 138 valence electrons. The molecule has 0 amide bonds. The maximum Gasteiger partial charge on any atom is 0.191 e. The third-order valence-electron chi connectivity index (χ3n) is 4.95. The van der Waals surface area contributed by atoms with E-state index in [4.69, 9.17) is 4.99 Å². The largest absolute Gasteiger partial charge is 0.357 e. The first kappa shape index (κ1) is 21.3. The van der Waals surface area contributed by atoms with Gasteiger partial charge in [-0.3, -0.25) is 4.68 Å². The van der Waals surface area contributed by atoms with Gasteiger partial charge in [-0.15, -0.1) is 24.0 Å². The van der Waals surface area contributed by atoms with E-state index in [0.29, 0.717) is 6.54 Å². The maximum atomic E-state index is 4.73. The van der Waals surface area contributed by atoms with Crippen molar-refractivity contribution in [3.8, 4) is 0 Å². The number of guanidine groups is 1. The number of hydrogen-bond donors (Lipinski definition) is 2. The van der Waals surface area contributed by atoms with Gasteiger partial charge in [-0.05, 0) is 39.5 Å². The van der Waals surface area contributed by atoms with E-state index in [-0.39, 0.29) is 24.0 Å². The van der Waals surface area contributed by atoms with E-state index in [9.17, 15) is 0 Å². The lowest BCUT2D eigenvalue weighted by Gasteiger charge is -2.13. The Morgan fingerprint density at radius 3 is 2.54 bits per heavy atom. The Morgan fingerprint density at radius 2 is 1.96 bits per heavy atom. The number of nitrogens with one attached hydrogen (secondary N) is 2. The lowest BCUT2D eigenvalue weighted by Crippen LogP contribution is -2.37. The second-order valence-corrected chi connectivity index (χ2v) is 6.69. The minimum absolute atomic E-state index is 0. The molecule has 0 saturated heterocycles. The molecule has 6 heteroatoms. The van der Waals surface area contributed by atoms with Gasteiger partial charge in [-0.1, -0.05) is 25.7 Å². The number of rotatable bonds is 7. The highest BCUT2D eigenvalue weighted by Gasteiger charge is 2.14.